The van der Waals surface area contributed by atoms with E-state index >= 15 is 0 Å². The number of nitrogens with zero attached hydrogens (tertiary/aromatic N) is 1. The SMILES string of the molecule is CCCNC(=O)CC(CN)N(C)C(C)CCSC. The van der Waals surface area contributed by atoms with Crippen LogP contribution in [0.25, 0.3) is 0 Å². The van der Waals surface area contributed by atoms with Gasteiger partial charge in [-0.25, -0.2) is 0 Å². The molecule has 0 fully saturated rings. The van der Waals surface area contributed by atoms with Crippen molar-refractivity contribution in [2.45, 2.75) is 45.2 Å². The van der Waals surface area contributed by atoms with Gasteiger partial charge in [-0.1, -0.05) is 6.92 Å². The van der Waals surface area contributed by atoms with E-state index in [4.69, 9.17) is 5.73 Å². The van der Waals surface area contributed by atoms with Crippen molar-refractivity contribution in [2.24, 2.45) is 5.73 Å². The Hall–Kier alpha value is -0.260. The molecular weight excluding hydrogens is 246 g/mol. The highest BCUT2D eigenvalue weighted by molar-refractivity contribution is 7.98. The number of hydrogen-bond acceptors (Lipinski definition) is 4. The van der Waals surface area contributed by atoms with Crippen molar-refractivity contribution < 1.29 is 4.79 Å². The van der Waals surface area contributed by atoms with Crippen LogP contribution < -0.4 is 11.1 Å². The predicted molar refractivity (Wildman–Crippen MR) is 81.0 cm³/mol. The Kier molecular flexibility index (Phi) is 10.5. The minimum atomic E-state index is 0.108. The van der Waals surface area contributed by atoms with Crippen LogP contribution in [0, 0.1) is 0 Å². The highest BCUT2D eigenvalue weighted by Crippen LogP contribution is 2.11. The van der Waals surface area contributed by atoms with E-state index in [-0.39, 0.29) is 11.9 Å². The molecule has 0 bridgehead atoms. The van der Waals surface area contributed by atoms with E-state index in [0.717, 1.165) is 25.1 Å². The molecule has 0 aliphatic rings. The lowest BCUT2D eigenvalue weighted by Gasteiger charge is -2.32. The molecule has 0 saturated heterocycles. The summed E-state index contributed by atoms with van der Waals surface area (Å²) in [7, 11) is 2.07. The molecule has 0 spiro atoms. The molecule has 0 aromatic heterocycles. The first-order valence-corrected chi connectivity index (χ1v) is 8.13. The van der Waals surface area contributed by atoms with E-state index in [0.29, 0.717) is 19.0 Å². The van der Waals surface area contributed by atoms with Crippen molar-refractivity contribution in [3.05, 3.63) is 0 Å². The van der Waals surface area contributed by atoms with Crippen LogP contribution in [0.2, 0.25) is 0 Å². The summed E-state index contributed by atoms with van der Waals surface area (Å²) < 4.78 is 0. The normalized spacial score (nSPS) is 14.6. The summed E-state index contributed by atoms with van der Waals surface area (Å²) in [5, 5.41) is 2.91. The molecule has 2 unspecified atom stereocenters. The van der Waals surface area contributed by atoms with Crippen LogP contribution in [0.3, 0.4) is 0 Å². The third-order valence-corrected chi connectivity index (χ3v) is 3.92. The second-order valence-corrected chi connectivity index (χ2v) is 5.73. The number of thioether (sulfide) groups is 1. The summed E-state index contributed by atoms with van der Waals surface area (Å²) in [6.45, 7) is 5.53. The Labute approximate surface area is 116 Å². The second kappa shape index (κ2) is 10.6. The second-order valence-electron chi connectivity index (χ2n) is 4.74. The number of hydrogen-bond donors (Lipinski definition) is 2. The van der Waals surface area contributed by atoms with Gasteiger partial charge in [0.1, 0.15) is 0 Å². The lowest BCUT2D eigenvalue weighted by Crippen LogP contribution is -2.46. The predicted octanol–water partition coefficient (Wildman–Crippen LogP) is 1.30. The summed E-state index contributed by atoms with van der Waals surface area (Å²) >= 11 is 1.85. The molecule has 0 saturated carbocycles. The van der Waals surface area contributed by atoms with Gasteiger partial charge in [-0.05, 0) is 38.8 Å². The number of nitrogens with two attached hydrogens (primary N) is 1. The smallest absolute Gasteiger partial charge is 0.221 e. The number of amides is 1. The lowest BCUT2D eigenvalue weighted by atomic mass is 10.1. The molecule has 0 aliphatic heterocycles. The molecule has 108 valence electrons. The van der Waals surface area contributed by atoms with Crippen molar-refractivity contribution in [2.75, 3.05) is 32.1 Å². The van der Waals surface area contributed by atoms with Gasteiger partial charge in [0.05, 0.1) is 0 Å². The maximum atomic E-state index is 11.7. The minimum Gasteiger partial charge on any atom is -0.356 e. The van der Waals surface area contributed by atoms with Gasteiger partial charge in [0, 0.05) is 31.6 Å². The van der Waals surface area contributed by atoms with Gasteiger partial charge in [-0.15, -0.1) is 0 Å². The summed E-state index contributed by atoms with van der Waals surface area (Å²) in [6.07, 6.45) is 4.71. The third-order valence-electron chi connectivity index (χ3n) is 3.28. The van der Waals surface area contributed by atoms with E-state index < -0.39 is 0 Å². The summed E-state index contributed by atoms with van der Waals surface area (Å²) in [6, 6.07) is 0.601. The maximum absolute atomic E-state index is 11.7. The molecule has 5 heteroatoms. The summed E-state index contributed by atoms with van der Waals surface area (Å²) in [4.78, 5) is 14.0. The van der Waals surface area contributed by atoms with Crippen molar-refractivity contribution in [1.29, 1.82) is 0 Å². The molecule has 0 aromatic rings. The van der Waals surface area contributed by atoms with E-state index in [1.54, 1.807) is 0 Å². The molecular formula is C13H29N3OS. The topological polar surface area (TPSA) is 58.4 Å². The Bertz CT molecular complexity index is 226. The number of carbonyl (C=O) groups is 1. The largest absolute Gasteiger partial charge is 0.356 e. The first-order valence-electron chi connectivity index (χ1n) is 6.74. The highest BCUT2D eigenvalue weighted by atomic mass is 32.2. The fraction of sp³-hybridized carbons (Fsp3) is 0.923. The first-order chi connectivity index (χ1) is 8.56. The lowest BCUT2D eigenvalue weighted by molar-refractivity contribution is -0.122. The fourth-order valence-corrected chi connectivity index (χ4v) is 2.37. The van der Waals surface area contributed by atoms with E-state index in [1.807, 2.05) is 11.8 Å². The average Bonchev–Trinajstić information content (AvgIpc) is 2.38. The van der Waals surface area contributed by atoms with Crippen LogP contribution in [-0.4, -0.2) is 55.0 Å². The fourth-order valence-electron chi connectivity index (χ4n) is 1.80. The molecule has 1 amide bonds. The first kappa shape index (κ1) is 17.7. The van der Waals surface area contributed by atoms with Crippen LogP contribution >= 0.6 is 11.8 Å². The highest BCUT2D eigenvalue weighted by Gasteiger charge is 2.20. The summed E-state index contributed by atoms with van der Waals surface area (Å²) in [5.41, 5.74) is 5.79. The van der Waals surface area contributed by atoms with Gasteiger partial charge >= 0.3 is 0 Å². The zero-order valence-corrected chi connectivity index (χ0v) is 13.1. The van der Waals surface area contributed by atoms with Gasteiger partial charge in [0.25, 0.3) is 0 Å². The number of likely N-dealkylation sites (N-methyl/N-ethyl adjacent to an activating group) is 1. The average molecular weight is 275 g/mol. The molecule has 0 aromatic carbocycles. The van der Waals surface area contributed by atoms with Gasteiger partial charge in [0.2, 0.25) is 5.91 Å². The van der Waals surface area contributed by atoms with Crippen LogP contribution in [-0.2, 0) is 4.79 Å². The molecule has 2 atom stereocenters. The van der Waals surface area contributed by atoms with Crippen molar-refractivity contribution in [1.82, 2.24) is 10.2 Å². The van der Waals surface area contributed by atoms with Crippen LogP contribution in [0.4, 0.5) is 0 Å². The molecule has 0 heterocycles. The number of carbonyl (C=O) groups excluding carboxylic acids is 1. The van der Waals surface area contributed by atoms with Crippen molar-refractivity contribution >= 4 is 17.7 Å². The van der Waals surface area contributed by atoms with Crippen LogP contribution in [0.1, 0.15) is 33.1 Å². The molecule has 18 heavy (non-hydrogen) atoms. The Morgan fingerprint density at radius 3 is 2.67 bits per heavy atom. The van der Waals surface area contributed by atoms with Gasteiger partial charge in [-0.3, -0.25) is 9.69 Å². The molecule has 0 radical (unpaired) electrons. The molecule has 0 aliphatic carbocycles. The van der Waals surface area contributed by atoms with Gasteiger partial charge in [0.15, 0.2) is 0 Å². The van der Waals surface area contributed by atoms with Crippen LogP contribution in [0.5, 0.6) is 0 Å². The minimum absolute atomic E-state index is 0.108. The van der Waals surface area contributed by atoms with E-state index in [2.05, 4.69) is 37.4 Å². The van der Waals surface area contributed by atoms with Crippen molar-refractivity contribution in [3.8, 4) is 0 Å². The molecule has 0 rings (SSSR count). The Morgan fingerprint density at radius 2 is 2.17 bits per heavy atom. The monoisotopic (exact) mass is 275 g/mol. The zero-order chi connectivity index (χ0) is 14.0. The van der Waals surface area contributed by atoms with Crippen molar-refractivity contribution in [3.63, 3.8) is 0 Å². The molecule has 4 nitrogen and oxygen atoms in total. The number of nitrogens with one attached hydrogen (secondary N) is 1. The zero-order valence-electron chi connectivity index (χ0n) is 12.2. The summed E-state index contributed by atoms with van der Waals surface area (Å²) in [5.74, 6) is 1.25. The third kappa shape index (κ3) is 7.24. The van der Waals surface area contributed by atoms with Crippen LogP contribution in [0.15, 0.2) is 0 Å². The standard InChI is InChI=1S/C13H29N3OS/c1-5-7-15-13(17)9-12(10-14)16(3)11(2)6-8-18-4/h11-12H,5-10,14H2,1-4H3,(H,15,17). The maximum Gasteiger partial charge on any atom is 0.221 e. The Morgan fingerprint density at radius 1 is 1.50 bits per heavy atom. The van der Waals surface area contributed by atoms with Gasteiger partial charge < -0.3 is 11.1 Å². The van der Waals surface area contributed by atoms with E-state index in [1.165, 1.54) is 0 Å². The van der Waals surface area contributed by atoms with E-state index in [9.17, 15) is 4.79 Å². The molecule has 3 N–H and O–H groups in total. The van der Waals surface area contributed by atoms with Gasteiger partial charge in [-0.2, -0.15) is 11.8 Å². The Balaban J connectivity index is 4.16. The quantitative estimate of drug-likeness (QED) is 0.631. The number of rotatable bonds is 10.